The molecule has 0 saturated carbocycles. The van der Waals surface area contributed by atoms with Gasteiger partial charge < -0.3 is 31.3 Å². The van der Waals surface area contributed by atoms with Crippen LogP contribution < -0.4 is 21.3 Å². The first-order valence-corrected chi connectivity index (χ1v) is 26.9. The van der Waals surface area contributed by atoms with Crippen LogP contribution in [0.2, 0.25) is 10.0 Å². The van der Waals surface area contributed by atoms with Crippen molar-refractivity contribution >= 4 is 92.1 Å². The van der Waals surface area contributed by atoms with Gasteiger partial charge in [-0.1, -0.05) is 49.2 Å². The third kappa shape index (κ3) is 17.1. The average Bonchev–Trinajstić information content (AvgIpc) is 4.15. The van der Waals surface area contributed by atoms with Crippen LogP contribution in [0, 0.1) is 34.6 Å². The standard InChI is InChI=1S/C23H32N6S.C16H16N4OS.C14H10Cl2N4S/c1-5-29(6-2)11-7-9-24-15-20-16-30-22(26-20)21-8-10-25-23(28-21)27-19-13-17(3)12-18(4)14-19;1-10-5-11(2)7-12(6-10)19-16-17-4-3-14(20-16)15-18-13(8-21)9-22-15;1-8-7-18-13(21-8)12-2-3-17-14(20-12)19-11-5-9(15)4-10(16)6-11/h8,10,12-14,16,24H,5-7,9,11,15H2,1-4H3,(H,25,27,28);3-7,9,21H,8H2,1-2H3,(H,17,19,20);2-7H,1H3,(H,17,19,20). The molecule has 0 atom stereocenters. The number of aromatic nitrogens is 9. The number of hydrogen-bond acceptors (Lipinski definition) is 18. The molecular formula is C53H58Cl2N14OS3. The number of thiazole rings is 3. The molecule has 378 valence electrons. The van der Waals surface area contributed by atoms with Gasteiger partial charge in [-0.15, -0.1) is 34.0 Å². The molecule has 0 aliphatic rings. The van der Waals surface area contributed by atoms with E-state index in [1.54, 1.807) is 59.5 Å². The molecule has 6 heterocycles. The van der Waals surface area contributed by atoms with Crippen LogP contribution in [0.1, 0.15) is 58.8 Å². The van der Waals surface area contributed by atoms with Crippen molar-refractivity contribution < 1.29 is 5.11 Å². The Balaban J connectivity index is 0.000000164. The smallest absolute Gasteiger partial charge is 0.227 e. The van der Waals surface area contributed by atoms with Crippen LogP contribution in [-0.2, 0) is 13.2 Å². The molecule has 3 aromatic carbocycles. The van der Waals surface area contributed by atoms with E-state index >= 15 is 0 Å². The molecule has 0 saturated heterocycles. The number of benzene rings is 3. The summed E-state index contributed by atoms with van der Waals surface area (Å²) in [5, 5.41) is 29.8. The molecule has 0 bridgehead atoms. The summed E-state index contributed by atoms with van der Waals surface area (Å²) in [5.41, 5.74) is 11.6. The monoisotopic (exact) mass is 1070 g/mol. The van der Waals surface area contributed by atoms with E-state index in [4.69, 9.17) is 33.3 Å². The number of halogens is 2. The lowest BCUT2D eigenvalue weighted by Crippen LogP contribution is -2.27. The second-order valence-corrected chi connectivity index (χ2v) is 20.7. The highest BCUT2D eigenvalue weighted by atomic mass is 35.5. The molecule has 0 amide bonds. The highest BCUT2D eigenvalue weighted by Crippen LogP contribution is 2.28. The van der Waals surface area contributed by atoms with Gasteiger partial charge >= 0.3 is 0 Å². The highest BCUT2D eigenvalue weighted by molar-refractivity contribution is 7.15. The van der Waals surface area contributed by atoms with E-state index in [1.165, 1.54) is 33.6 Å². The molecule has 0 aliphatic heterocycles. The SMILES string of the molecule is CCN(CC)CCCNCc1csc(-c2ccnc(Nc3cc(C)cc(C)c3)n2)n1.Cc1cc(C)cc(Nc2nccc(-c3nc(CO)cs3)n2)c1.Cc1cnc(-c2ccnc(Nc3cc(Cl)cc(Cl)c3)n2)s1. The summed E-state index contributed by atoms with van der Waals surface area (Å²) in [5.74, 6) is 1.59. The molecule has 15 nitrogen and oxygen atoms in total. The molecule has 0 fully saturated rings. The van der Waals surface area contributed by atoms with Gasteiger partial charge in [0, 0.05) is 74.1 Å². The van der Waals surface area contributed by atoms with E-state index in [2.05, 4.69) is 149 Å². The van der Waals surface area contributed by atoms with Gasteiger partial charge in [0.15, 0.2) is 0 Å². The first kappa shape index (κ1) is 54.4. The number of rotatable bonds is 18. The number of aliphatic hydroxyl groups excluding tert-OH is 1. The fraction of sp³-hybridized carbons (Fsp3) is 0.264. The number of hydrogen-bond donors (Lipinski definition) is 5. The maximum absolute atomic E-state index is 9.10. The van der Waals surface area contributed by atoms with Crippen LogP contribution in [0.5, 0.6) is 0 Å². The molecule has 0 spiro atoms. The zero-order valence-electron chi connectivity index (χ0n) is 41.7. The van der Waals surface area contributed by atoms with Crippen molar-refractivity contribution in [1.82, 2.24) is 55.1 Å². The number of nitrogens with zero attached hydrogens (tertiary/aromatic N) is 10. The number of aliphatic hydroxyl groups is 1. The topological polar surface area (TPSA) is 188 Å². The Morgan fingerprint density at radius 3 is 1.44 bits per heavy atom. The van der Waals surface area contributed by atoms with E-state index in [0.29, 0.717) is 33.6 Å². The Morgan fingerprint density at radius 2 is 1.00 bits per heavy atom. The summed E-state index contributed by atoms with van der Waals surface area (Å²) >= 11 is 16.6. The Labute approximate surface area is 448 Å². The maximum Gasteiger partial charge on any atom is 0.227 e. The Bertz CT molecular complexity index is 3140. The van der Waals surface area contributed by atoms with Crippen LogP contribution in [0.4, 0.5) is 34.9 Å². The first-order valence-electron chi connectivity index (χ1n) is 23.6. The van der Waals surface area contributed by atoms with Gasteiger partial charge in [-0.25, -0.2) is 44.9 Å². The van der Waals surface area contributed by atoms with Gasteiger partial charge in [0.25, 0.3) is 0 Å². The lowest BCUT2D eigenvalue weighted by atomic mass is 10.1. The van der Waals surface area contributed by atoms with E-state index < -0.39 is 0 Å². The van der Waals surface area contributed by atoms with Gasteiger partial charge in [-0.2, -0.15) is 0 Å². The predicted molar refractivity (Wildman–Crippen MR) is 302 cm³/mol. The molecule has 9 aromatic rings. The third-order valence-electron chi connectivity index (χ3n) is 10.6. The van der Waals surface area contributed by atoms with Crippen molar-refractivity contribution in [3.05, 3.63) is 157 Å². The average molecular weight is 1070 g/mol. The quantitative estimate of drug-likeness (QED) is 0.0510. The number of anilines is 6. The van der Waals surface area contributed by atoms with Crippen molar-refractivity contribution in [2.45, 2.75) is 68.0 Å². The zero-order valence-corrected chi connectivity index (χ0v) is 45.7. The fourth-order valence-electron chi connectivity index (χ4n) is 7.38. The summed E-state index contributed by atoms with van der Waals surface area (Å²) < 4.78 is 0. The molecule has 73 heavy (non-hydrogen) atoms. The third-order valence-corrected chi connectivity index (χ3v) is 13.8. The molecule has 9 rings (SSSR count). The van der Waals surface area contributed by atoms with Crippen molar-refractivity contribution in [2.24, 2.45) is 0 Å². The molecule has 5 N–H and O–H groups in total. The zero-order chi connectivity index (χ0) is 51.7. The maximum atomic E-state index is 9.10. The van der Waals surface area contributed by atoms with Gasteiger partial charge in [-0.3, -0.25) is 0 Å². The van der Waals surface area contributed by atoms with Gasteiger partial charge in [0.1, 0.15) is 32.1 Å². The van der Waals surface area contributed by atoms with Gasteiger partial charge in [0.2, 0.25) is 17.8 Å². The van der Waals surface area contributed by atoms with Crippen molar-refractivity contribution in [3.8, 4) is 32.1 Å². The molecule has 0 aliphatic carbocycles. The lowest BCUT2D eigenvalue weighted by Gasteiger charge is -2.17. The van der Waals surface area contributed by atoms with Crippen LogP contribution in [0.3, 0.4) is 0 Å². The lowest BCUT2D eigenvalue weighted by molar-refractivity contribution is 0.278. The number of aryl methyl sites for hydroxylation is 5. The normalized spacial score (nSPS) is 10.9. The van der Waals surface area contributed by atoms with Crippen molar-refractivity contribution in [1.29, 1.82) is 0 Å². The minimum absolute atomic E-state index is 0.0603. The van der Waals surface area contributed by atoms with E-state index in [0.717, 1.165) is 98.9 Å². The predicted octanol–water partition coefficient (Wildman–Crippen LogP) is 13.2. The highest BCUT2D eigenvalue weighted by Gasteiger charge is 2.11. The molecular weight excluding hydrogens is 1020 g/mol. The minimum Gasteiger partial charge on any atom is -0.390 e. The second kappa shape index (κ2) is 27.1. The van der Waals surface area contributed by atoms with E-state index in [-0.39, 0.29) is 6.61 Å². The summed E-state index contributed by atoms with van der Waals surface area (Å²) in [4.78, 5) is 43.4. The van der Waals surface area contributed by atoms with Crippen LogP contribution in [0.15, 0.2) is 108 Å². The van der Waals surface area contributed by atoms with Gasteiger partial charge in [0.05, 0.1) is 18.0 Å². The van der Waals surface area contributed by atoms with Gasteiger partial charge in [-0.05, 0) is 150 Å². The van der Waals surface area contributed by atoms with Crippen molar-refractivity contribution in [3.63, 3.8) is 0 Å². The summed E-state index contributed by atoms with van der Waals surface area (Å²) in [7, 11) is 0. The summed E-state index contributed by atoms with van der Waals surface area (Å²) in [6.07, 6.45) is 8.14. The Hall–Kier alpha value is -6.35. The molecule has 20 heteroatoms. The van der Waals surface area contributed by atoms with Crippen LogP contribution in [-0.4, -0.2) is 81.0 Å². The molecule has 0 radical (unpaired) electrons. The first-order chi connectivity index (χ1) is 35.3. The van der Waals surface area contributed by atoms with Crippen LogP contribution in [0.25, 0.3) is 32.1 Å². The Kier molecular flexibility index (Phi) is 20.2. The van der Waals surface area contributed by atoms with Crippen LogP contribution >= 0.6 is 57.2 Å². The summed E-state index contributed by atoms with van der Waals surface area (Å²) in [6.45, 7) is 19.8. The van der Waals surface area contributed by atoms with E-state index in [9.17, 15) is 0 Å². The molecule has 0 unspecified atom stereocenters. The fourth-order valence-corrected chi connectivity index (χ4v) is 10.2. The van der Waals surface area contributed by atoms with Crippen molar-refractivity contribution in [2.75, 3.05) is 42.1 Å². The largest absolute Gasteiger partial charge is 0.390 e. The van der Waals surface area contributed by atoms with E-state index in [1.807, 2.05) is 36.7 Å². The molecule has 6 aromatic heterocycles. The second-order valence-electron chi connectivity index (χ2n) is 16.9. The summed E-state index contributed by atoms with van der Waals surface area (Å²) in [6, 6.07) is 23.3. The number of nitrogens with one attached hydrogen (secondary N) is 4. The minimum atomic E-state index is -0.0603. The Morgan fingerprint density at radius 1 is 0.548 bits per heavy atom.